The van der Waals surface area contributed by atoms with Gasteiger partial charge in [-0.05, 0) is 144 Å². The highest BCUT2D eigenvalue weighted by atomic mass is 15.2. The van der Waals surface area contributed by atoms with Crippen molar-refractivity contribution in [2.24, 2.45) is 0 Å². The molecule has 16 rings (SSSR count). The van der Waals surface area contributed by atoms with Gasteiger partial charge in [-0.15, -0.1) is 0 Å². The lowest BCUT2D eigenvalue weighted by molar-refractivity contribution is 1.07. The second-order valence-corrected chi connectivity index (χ2v) is 22.4. The average Bonchev–Trinajstić information content (AvgIpc) is 0.729. The number of hydrogen-bond acceptors (Lipinski definition) is 5. The Kier molecular flexibility index (Phi) is 12.9. The Hall–Kier alpha value is -11.5. The third kappa shape index (κ3) is 9.56. The molecule has 0 unspecified atom stereocenters. The Morgan fingerprint density at radius 1 is 0.195 bits per heavy atom. The third-order valence-electron chi connectivity index (χ3n) is 17.0. The third-order valence-corrected chi connectivity index (χ3v) is 17.0. The molecule has 2 aliphatic rings. The number of hydrogen-bond donors (Lipinski definition) is 0. The van der Waals surface area contributed by atoms with Crippen molar-refractivity contribution in [2.45, 2.75) is 0 Å². The molecule has 0 spiro atoms. The number of fused-ring (bicyclic) bond motifs is 4. The van der Waals surface area contributed by atoms with Crippen LogP contribution in [0.5, 0.6) is 0 Å². The van der Waals surface area contributed by atoms with Crippen molar-refractivity contribution >= 4 is 57.2 Å². The molecule has 0 amide bonds. The van der Waals surface area contributed by atoms with Crippen LogP contribution in [0.25, 0.3) is 101 Å². The number of benzene rings is 13. The minimum absolute atomic E-state index is 0.233. The standard InChI is InChI=1S/C81H54BN5/c1-9-25-55(26-10-1)63-41-43-74-72(51-63)82-73-52-64(56-27-11-2-12-28-56)42-44-75(73)87(71-49-67(59-33-17-5-18-34-59)46-68(50-71)60-35-19-6-20-36-60)77-54-69(81-84-79(61-37-21-7-22-38-61)83-80(85-81)62-39-23-8-24-40-62)53-76(78(77)82)86(74)70-47-65(57-29-13-3-14-30-57)45-66(48-70)58-31-15-4-16-32-58/h1-54H. The van der Waals surface area contributed by atoms with Crippen LogP contribution in [0.4, 0.5) is 34.1 Å². The van der Waals surface area contributed by atoms with Crippen molar-refractivity contribution in [2.75, 3.05) is 9.80 Å². The molecule has 14 aromatic rings. The maximum absolute atomic E-state index is 5.49. The summed E-state index contributed by atoms with van der Waals surface area (Å²) in [5.74, 6) is 1.77. The van der Waals surface area contributed by atoms with Crippen LogP contribution in [0.2, 0.25) is 0 Å². The van der Waals surface area contributed by atoms with Crippen molar-refractivity contribution in [3.8, 4) is 101 Å². The zero-order valence-electron chi connectivity index (χ0n) is 47.5. The van der Waals surface area contributed by atoms with Crippen molar-refractivity contribution in [1.82, 2.24) is 15.0 Å². The second-order valence-electron chi connectivity index (χ2n) is 22.4. The van der Waals surface area contributed by atoms with E-state index in [1.54, 1.807) is 0 Å². The summed E-state index contributed by atoms with van der Waals surface area (Å²) in [5, 5.41) is 0. The zero-order chi connectivity index (χ0) is 57.6. The highest BCUT2D eigenvalue weighted by molar-refractivity contribution is 7.00. The van der Waals surface area contributed by atoms with E-state index in [0.717, 1.165) is 118 Å². The van der Waals surface area contributed by atoms with Crippen molar-refractivity contribution < 1.29 is 0 Å². The molecule has 406 valence electrons. The van der Waals surface area contributed by atoms with Gasteiger partial charge in [0.05, 0.1) is 0 Å². The van der Waals surface area contributed by atoms with E-state index >= 15 is 0 Å². The van der Waals surface area contributed by atoms with Gasteiger partial charge in [0.2, 0.25) is 0 Å². The number of aromatic nitrogens is 3. The maximum atomic E-state index is 5.49. The van der Waals surface area contributed by atoms with Crippen LogP contribution in [0.3, 0.4) is 0 Å². The molecule has 6 heteroatoms. The largest absolute Gasteiger partial charge is 0.311 e. The van der Waals surface area contributed by atoms with E-state index in [9.17, 15) is 0 Å². The summed E-state index contributed by atoms with van der Waals surface area (Å²) in [7, 11) is 0. The fraction of sp³-hybridized carbons (Fsp3) is 0. The van der Waals surface area contributed by atoms with Gasteiger partial charge in [-0.25, -0.2) is 15.0 Å². The highest BCUT2D eigenvalue weighted by Crippen LogP contribution is 2.49. The summed E-state index contributed by atoms with van der Waals surface area (Å²) in [6.45, 7) is -0.233. The van der Waals surface area contributed by atoms with E-state index in [0.29, 0.717) is 17.5 Å². The molecule has 13 aromatic carbocycles. The Balaban J connectivity index is 1.05. The van der Waals surface area contributed by atoms with E-state index in [2.05, 4.69) is 301 Å². The van der Waals surface area contributed by atoms with Gasteiger partial charge in [0.25, 0.3) is 6.71 Å². The number of anilines is 6. The van der Waals surface area contributed by atoms with Gasteiger partial charge in [0.15, 0.2) is 17.5 Å². The molecule has 0 aliphatic carbocycles. The molecular formula is C81H54BN5. The van der Waals surface area contributed by atoms with Crippen LogP contribution < -0.4 is 26.2 Å². The van der Waals surface area contributed by atoms with Crippen molar-refractivity contribution in [3.63, 3.8) is 0 Å². The molecule has 87 heavy (non-hydrogen) atoms. The van der Waals surface area contributed by atoms with Gasteiger partial charge in [-0.1, -0.05) is 267 Å². The molecular weight excluding hydrogens is 1050 g/mol. The summed E-state index contributed by atoms with van der Waals surface area (Å²) in [6.07, 6.45) is 0. The topological polar surface area (TPSA) is 45.2 Å². The monoisotopic (exact) mass is 1110 g/mol. The minimum atomic E-state index is -0.233. The van der Waals surface area contributed by atoms with Crippen LogP contribution in [0, 0.1) is 0 Å². The first-order valence-corrected chi connectivity index (χ1v) is 29.7. The van der Waals surface area contributed by atoms with E-state index in [1.807, 2.05) is 36.4 Å². The predicted octanol–water partition coefficient (Wildman–Crippen LogP) is 19.0. The molecule has 0 saturated heterocycles. The summed E-state index contributed by atoms with van der Waals surface area (Å²) in [5.41, 5.74) is 26.2. The normalized spacial score (nSPS) is 12.1. The number of nitrogens with zero attached hydrogens (tertiary/aromatic N) is 5. The van der Waals surface area contributed by atoms with E-state index in [-0.39, 0.29) is 6.71 Å². The first-order chi connectivity index (χ1) is 43.1. The first-order valence-electron chi connectivity index (χ1n) is 29.7. The molecule has 0 radical (unpaired) electrons. The highest BCUT2D eigenvalue weighted by Gasteiger charge is 2.44. The zero-order valence-corrected chi connectivity index (χ0v) is 47.5. The van der Waals surface area contributed by atoms with Gasteiger partial charge >= 0.3 is 0 Å². The fourth-order valence-electron chi connectivity index (χ4n) is 12.9. The van der Waals surface area contributed by atoms with Crippen LogP contribution in [0.1, 0.15) is 0 Å². The van der Waals surface area contributed by atoms with Crippen LogP contribution in [0.15, 0.2) is 328 Å². The quantitative estimate of drug-likeness (QED) is 0.121. The molecule has 0 bridgehead atoms. The second kappa shape index (κ2) is 21.9. The SMILES string of the molecule is c1ccc(-c2cc(-c3ccccc3)cc(N3c4ccc(-c5ccccc5)cc4B4c5cc(-c6ccccc6)ccc5N(c5cc(-c6ccccc6)cc(-c6ccccc6)c5)c5cc(-c6nc(-c7ccccc7)nc(-c7ccccc7)n6)cc3c54)c2)cc1. The Labute approximate surface area is 507 Å². The van der Waals surface area contributed by atoms with Crippen LogP contribution in [-0.2, 0) is 0 Å². The molecule has 0 saturated carbocycles. The fourth-order valence-corrected chi connectivity index (χ4v) is 12.9. The Bertz CT molecular complexity index is 4420. The average molecular weight is 1110 g/mol. The van der Waals surface area contributed by atoms with E-state index < -0.39 is 0 Å². The van der Waals surface area contributed by atoms with Gasteiger partial charge in [-0.2, -0.15) is 0 Å². The van der Waals surface area contributed by atoms with Gasteiger partial charge in [-0.3, -0.25) is 0 Å². The van der Waals surface area contributed by atoms with Gasteiger partial charge in [0.1, 0.15) is 0 Å². The number of rotatable bonds is 11. The Morgan fingerprint density at radius 2 is 0.460 bits per heavy atom. The molecule has 1 aromatic heterocycles. The van der Waals surface area contributed by atoms with Gasteiger partial charge in [0, 0.05) is 50.8 Å². The lowest BCUT2D eigenvalue weighted by atomic mass is 9.33. The molecule has 3 heterocycles. The minimum Gasteiger partial charge on any atom is -0.311 e. The summed E-state index contributed by atoms with van der Waals surface area (Å²) in [6, 6.07) is 118. The summed E-state index contributed by atoms with van der Waals surface area (Å²) < 4.78 is 0. The molecule has 5 nitrogen and oxygen atoms in total. The Morgan fingerprint density at radius 3 is 0.759 bits per heavy atom. The molecule has 0 N–H and O–H groups in total. The van der Waals surface area contributed by atoms with Crippen molar-refractivity contribution in [1.29, 1.82) is 0 Å². The van der Waals surface area contributed by atoms with Gasteiger partial charge < -0.3 is 9.80 Å². The van der Waals surface area contributed by atoms with Crippen molar-refractivity contribution in [3.05, 3.63) is 328 Å². The van der Waals surface area contributed by atoms with E-state index in [1.165, 1.54) is 16.4 Å². The van der Waals surface area contributed by atoms with E-state index in [4.69, 9.17) is 15.0 Å². The molecule has 0 fully saturated rings. The smallest absolute Gasteiger partial charge is 0.252 e. The first kappa shape index (κ1) is 51.2. The lowest BCUT2D eigenvalue weighted by Crippen LogP contribution is -2.61. The summed E-state index contributed by atoms with van der Waals surface area (Å²) >= 11 is 0. The maximum Gasteiger partial charge on any atom is 0.252 e. The van der Waals surface area contributed by atoms with Crippen LogP contribution in [-0.4, -0.2) is 21.7 Å². The summed E-state index contributed by atoms with van der Waals surface area (Å²) in [4.78, 5) is 21.3. The van der Waals surface area contributed by atoms with Crippen LogP contribution >= 0.6 is 0 Å². The molecule has 2 aliphatic heterocycles. The predicted molar refractivity (Wildman–Crippen MR) is 363 cm³/mol. The lowest BCUT2D eigenvalue weighted by Gasteiger charge is -2.45. The molecule has 0 atom stereocenters.